The van der Waals surface area contributed by atoms with Gasteiger partial charge in [-0.05, 0) is 45.2 Å². The number of thioether (sulfide) groups is 2. The largest absolute Gasteiger partial charge is 0.392 e. The Morgan fingerprint density at radius 3 is 1.08 bits per heavy atom. The molecule has 0 aromatic heterocycles. The molecule has 0 aliphatic carbocycles. The Kier molecular flexibility index (Phi) is 54.5. The zero-order valence-corrected chi connectivity index (χ0v) is 52.2. The number of unbranched alkanes of at least 4 members (excludes halogenated alkanes) is 30. The van der Waals surface area contributed by atoms with E-state index in [-0.39, 0.29) is 12.2 Å². The highest BCUT2D eigenvalue weighted by Crippen LogP contribution is 2.19. The Balaban J connectivity index is 2.71. The molecule has 7 nitrogen and oxygen atoms in total. The van der Waals surface area contributed by atoms with Gasteiger partial charge < -0.3 is 24.9 Å². The lowest BCUT2D eigenvalue weighted by Crippen LogP contribution is -2.47. The summed E-state index contributed by atoms with van der Waals surface area (Å²) in [5, 5.41) is 22.4. The molecule has 0 amide bonds. The maximum Gasteiger partial charge on any atom is 0.0667 e. The number of aliphatic hydroxyl groups is 2. The second kappa shape index (κ2) is 55.7. The minimum absolute atomic E-state index is 0.294. The van der Waals surface area contributed by atoms with Crippen molar-refractivity contribution in [2.75, 3.05) is 122 Å². The third-order valence-electron chi connectivity index (χ3n) is 16.2. The molecule has 0 saturated carbocycles. The molecule has 3 unspecified atom stereocenters. The van der Waals surface area contributed by atoms with E-state index in [4.69, 9.17) is 0 Å². The Morgan fingerprint density at radius 2 is 0.685 bits per heavy atom. The Hall–Kier alpha value is 0.420. The van der Waals surface area contributed by atoms with Crippen LogP contribution in [-0.2, 0) is 0 Å². The van der Waals surface area contributed by atoms with E-state index < -0.39 is 0 Å². The molecule has 438 valence electrons. The van der Waals surface area contributed by atoms with Gasteiger partial charge in [-0.3, -0.25) is 9.80 Å². The molecular weight excluding hydrogens is 935 g/mol. The zero-order chi connectivity index (χ0) is 52.9. The average molecular weight is 1070 g/mol. The zero-order valence-electron chi connectivity index (χ0n) is 50.6. The second-order valence-electron chi connectivity index (χ2n) is 23.7. The molecule has 0 bridgehead atoms. The van der Waals surface area contributed by atoms with Crippen LogP contribution < -0.4 is 0 Å². The fourth-order valence-electron chi connectivity index (χ4n) is 11.0. The molecule has 73 heavy (non-hydrogen) atoms. The van der Waals surface area contributed by atoms with E-state index in [1.54, 1.807) is 0 Å². The SMILES string of the molecule is CCCCCCCCCCCCN(CCSCCN(CCSCCN(CC(O)CCCCCCCCCC)CC(O)CCCCCCCCCC)CCN1CCN(C)CC1)CC(C)CCCCCCCCCC. The van der Waals surface area contributed by atoms with Gasteiger partial charge in [0, 0.05) is 108 Å². The lowest BCUT2D eigenvalue weighted by molar-refractivity contribution is 0.0638. The maximum atomic E-state index is 11.2. The molecule has 0 radical (unpaired) electrons. The molecule has 0 aromatic rings. The van der Waals surface area contributed by atoms with Gasteiger partial charge >= 0.3 is 0 Å². The van der Waals surface area contributed by atoms with Gasteiger partial charge in [-0.15, -0.1) is 0 Å². The van der Waals surface area contributed by atoms with Crippen LogP contribution in [0.5, 0.6) is 0 Å². The lowest BCUT2D eigenvalue weighted by atomic mass is 10.0. The number of rotatable bonds is 59. The molecule has 1 aliphatic heterocycles. The van der Waals surface area contributed by atoms with Gasteiger partial charge in [0.15, 0.2) is 0 Å². The number of hydrogen-bond donors (Lipinski definition) is 2. The summed E-state index contributed by atoms with van der Waals surface area (Å²) in [4.78, 5) is 13.2. The summed E-state index contributed by atoms with van der Waals surface area (Å²) in [7, 11) is 2.27. The van der Waals surface area contributed by atoms with Crippen LogP contribution in [0.1, 0.15) is 272 Å². The summed E-state index contributed by atoms with van der Waals surface area (Å²) < 4.78 is 0. The van der Waals surface area contributed by atoms with Gasteiger partial charge in [0.05, 0.1) is 12.2 Å². The van der Waals surface area contributed by atoms with Crippen LogP contribution in [0.4, 0.5) is 0 Å². The van der Waals surface area contributed by atoms with E-state index in [1.165, 1.54) is 289 Å². The highest BCUT2D eigenvalue weighted by molar-refractivity contribution is 7.99. The van der Waals surface area contributed by atoms with E-state index in [0.29, 0.717) is 13.1 Å². The van der Waals surface area contributed by atoms with Gasteiger partial charge in [0.25, 0.3) is 0 Å². The molecule has 1 heterocycles. The number of aliphatic hydroxyl groups excluding tert-OH is 2. The van der Waals surface area contributed by atoms with Crippen LogP contribution >= 0.6 is 23.5 Å². The predicted octanol–water partition coefficient (Wildman–Crippen LogP) is 16.5. The van der Waals surface area contributed by atoms with Crippen LogP contribution in [-0.4, -0.2) is 169 Å². The van der Waals surface area contributed by atoms with Crippen LogP contribution in [0, 0.1) is 5.92 Å². The molecular formula is C64H133N5O2S2. The van der Waals surface area contributed by atoms with Crippen LogP contribution in [0.15, 0.2) is 0 Å². The number of hydrogen-bond acceptors (Lipinski definition) is 9. The summed E-state index contributed by atoms with van der Waals surface area (Å²) in [5.74, 6) is 5.52. The average Bonchev–Trinajstić information content (AvgIpc) is 3.38. The van der Waals surface area contributed by atoms with Crippen molar-refractivity contribution in [3.8, 4) is 0 Å². The smallest absolute Gasteiger partial charge is 0.0667 e. The van der Waals surface area contributed by atoms with Gasteiger partial charge in [-0.1, -0.05) is 247 Å². The minimum atomic E-state index is -0.294. The van der Waals surface area contributed by atoms with Gasteiger partial charge in [0.1, 0.15) is 0 Å². The van der Waals surface area contributed by atoms with Crippen molar-refractivity contribution in [3.05, 3.63) is 0 Å². The number of likely N-dealkylation sites (N-methyl/N-ethyl adjacent to an activating group) is 1. The number of nitrogens with zero attached hydrogens (tertiary/aromatic N) is 5. The molecule has 0 aromatic carbocycles. The summed E-state index contributed by atoms with van der Waals surface area (Å²) >= 11 is 4.30. The topological polar surface area (TPSA) is 56.7 Å². The molecule has 3 atom stereocenters. The van der Waals surface area contributed by atoms with Crippen molar-refractivity contribution < 1.29 is 10.2 Å². The molecule has 1 saturated heterocycles. The van der Waals surface area contributed by atoms with E-state index in [0.717, 1.165) is 56.2 Å². The van der Waals surface area contributed by atoms with Crippen molar-refractivity contribution in [3.63, 3.8) is 0 Å². The highest BCUT2D eigenvalue weighted by atomic mass is 32.2. The molecule has 1 rings (SSSR count). The second-order valence-corrected chi connectivity index (χ2v) is 26.1. The predicted molar refractivity (Wildman–Crippen MR) is 333 cm³/mol. The van der Waals surface area contributed by atoms with Crippen molar-refractivity contribution in [1.29, 1.82) is 0 Å². The Labute approximate surface area is 467 Å². The molecule has 1 aliphatic rings. The molecule has 2 N–H and O–H groups in total. The Morgan fingerprint density at radius 1 is 0.356 bits per heavy atom. The highest BCUT2D eigenvalue weighted by Gasteiger charge is 2.18. The standard InChI is InChI=1S/C64H133N5O2S2/c1-7-11-15-19-23-27-28-32-36-40-44-68(59-62(5)41-37-33-29-24-20-16-12-8-2)53-57-72-55-51-67(50-49-66-47-45-65(6)46-48-66)52-56-73-58-54-69(60-63(70)42-38-34-30-25-21-17-13-9-3)61-64(71)43-39-35-31-26-22-18-14-10-4/h62-64,70-71H,7-61H2,1-6H3. The fraction of sp³-hybridized carbons (Fsp3) is 1.00. The first-order valence-electron chi connectivity index (χ1n) is 32.9. The van der Waals surface area contributed by atoms with E-state index in [9.17, 15) is 10.2 Å². The summed E-state index contributed by atoms with van der Waals surface area (Å²) in [6.07, 6.45) is 49.0. The Bertz CT molecular complexity index is 1040. The lowest BCUT2D eigenvalue weighted by Gasteiger charge is -2.34. The molecule has 1 fully saturated rings. The van der Waals surface area contributed by atoms with Crippen LogP contribution in [0.3, 0.4) is 0 Å². The van der Waals surface area contributed by atoms with Crippen molar-refractivity contribution in [2.24, 2.45) is 5.92 Å². The van der Waals surface area contributed by atoms with Crippen LogP contribution in [0.2, 0.25) is 0 Å². The van der Waals surface area contributed by atoms with E-state index in [1.807, 2.05) is 0 Å². The van der Waals surface area contributed by atoms with Crippen molar-refractivity contribution >= 4 is 23.5 Å². The first kappa shape index (κ1) is 71.4. The van der Waals surface area contributed by atoms with Gasteiger partial charge in [0.2, 0.25) is 0 Å². The third-order valence-corrected chi connectivity index (χ3v) is 18.1. The molecule has 0 spiro atoms. The summed E-state index contributed by atoms with van der Waals surface area (Å²) in [5.41, 5.74) is 0. The first-order valence-corrected chi connectivity index (χ1v) is 35.2. The van der Waals surface area contributed by atoms with Crippen molar-refractivity contribution in [2.45, 2.75) is 284 Å². The van der Waals surface area contributed by atoms with Crippen LogP contribution in [0.25, 0.3) is 0 Å². The first-order chi connectivity index (χ1) is 35.8. The van der Waals surface area contributed by atoms with E-state index in [2.05, 4.69) is 89.7 Å². The third kappa shape index (κ3) is 49.2. The van der Waals surface area contributed by atoms with Gasteiger partial charge in [-0.25, -0.2) is 0 Å². The normalized spacial score (nSPS) is 15.2. The maximum absolute atomic E-state index is 11.2. The van der Waals surface area contributed by atoms with E-state index >= 15 is 0 Å². The monoisotopic (exact) mass is 1070 g/mol. The minimum Gasteiger partial charge on any atom is -0.392 e. The molecule has 9 heteroatoms. The van der Waals surface area contributed by atoms with Gasteiger partial charge in [-0.2, -0.15) is 23.5 Å². The fourth-order valence-corrected chi connectivity index (χ4v) is 13.0. The quantitative estimate of drug-likeness (QED) is 0.0580. The number of piperazine rings is 1. The summed E-state index contributed by atoms with van der Waals surface area (Å²) in [6, 6.07) is 0. The summed E-state index contributed by atoms with van der Waals surface area (Å²) in [6.45, 7) is 27.4. The van der Waals surface area contributed by atoms with Crippen molar-refractivity contribution in [1.82, 2.24) is 24.5 Å².